The fourth-order valence-electron chi connectivity index (χ4n) is 1.49. The van der Waals surface area contributed by atoms with Gasteiger partial charge < -0.3 is 9.84 Å². The Balaban J connectivity index is 3.00. The van der Waals surface area contributed by atoms with E-state index in [9.17, 15) is 9.50 Å². The average molecular weight is 445 g/mol. The molecule has 96 valence electrons. The first-order chi connectivity index (χ1) is 8.51. The number of thioether (sulfide) groups is 1. The summed E-state index contributed by atoms with van der Waals surface area (Å²) in [6.45, 7) is 0. The summed E-state index contributed by atoms with van der Waals surface area (Å²) in [4.78, 5) is 7.95. The number of methoxy groups -OCH3 is 1. The third-order valence-corrected chi connectivity index (χ3v) is 5.34. The number of rotatable bonds is 2. The number of hydrogen-bond acceptors (Lipinski definition) is 5. The molecule has 0 radical (unpaired) electrons. The van der Waals surface area contributed by atoms with Crippen LogP contribution in [-0.2, 0) is 0 Å². The predicted octanol–water partition coefficient (Wildman–Crippen LogP) is 3.57. The number of halogens is 3. The van der Waals surface area contributed by atoms with Gasteiger partial charge in [0.2, 0.25) is 5.88 Å². The van der Waals surface area contributed by atoms with E-state index in [2.05, 4.69) is 25.9 Å². The van der Waals surface area contributed by atoms with Crippen LogP contribution in [0.5, 0.6) is 11.6 Å². The SMILES string of the molecule is COc1c(I)c(Br)c(F)c2nc(SC)nc(O)c12. The second-order valence-electron chi connectivity index (χ2n) is 3.23. The molecule has 0 aliphatic rings. The Bertz CT molecular complexity index is 641. The van der Waals surface area contributed by atoms with Gasteiger partial charge in [-0.15, -0.1) is 0 Å². The molecule has 4 nitrogen and oxygen atoms in total. The Hall–Kier alpha value is -0.350. The van der Waals surface area contributed by atoms with Crippen LogP contribution in [0, 0.1) is 9.39 Å². The summed E-state index contributed by atoms with van der Waals surface area (Å²) in [6.07, 6.45) is 1.75. The van der Waals surface area contributed by atoms with Crippen LogP contribution in [0.25, 0.3) is 10.9 Å². The first-order valence-corrected chi connectivity index (χ1v) is 7.76. The zero-order valence-corrected chi connectivity index (χ0v) is 13.9. The van der Waals surface area contributed by atoms with E-state index in [0.717, 1.165) is 0 Å². The van der Waals surface area contributed by atoms with Gasteiger partial charge in [0.25, 0.3) is 0 Å². The maximum atomic E-state index is 14.2. The van der Waals surface area contributed by atoms with Crippen LogP contribution in [0.15, 0.2) is 9.63 Å². The Kier molecular flexibility index (Phi) is 4.17. The normalized spacial score (nSPS) is 10.9. The molecule has 1 N–H and O–H groups in total. The summed E-state index contributed by atoms with van der Waals surface area (Å²) in [7, 11) is 1.45. The molecule has 1 aromatic heterocycles. The van der Waals surface area contributed by atoms with Crippen molar-refractivity contribution in [1.29, 1.82) is 0 Å². The molecule has 0 saturated heterocycles. The van der Waals surface area contributed by atoms with Gasteiger partial charge in [-0.25, -0.2) is 9.37 Å². The Morgan fingerprint density at radius 3 is 2.67 bits per heavy atom. The van der Waals surface area contributed by atoms with Crippen molar-refractivity contribution >= 4 is 61.2 Å². The van der Waals surface area contributed by atoms with Crippen molar-refractivity contribution in [3.05, 3.63) is 13.9 Å². The van der Waals surface area contributed by atoms with Crippen LogP contribution < -0.4 is 4.74 Å². The fourth-order valence-corrected chi connectivity index (χ4v) is 2.94. The molecule has 0 aliphatic carbocycles. The van der Waals surface area contributed by atoms with Crippen LogP contribution in [0.2, 0.25) is 0 Å². The second kappa shape index (κ2) is 5.33. The van der Waals surface area contributed by atoms with Crippen LogP contribution in [0.3, 0.4) is 0 Å². The Morgan fingerprint density at radius 1 is 1.44 bits per heavy atom. The van der Waals surface area contributed by atoms with Gasteiger partial charge in [-0.2, -0.15) is 4.98 Å². The van der Waals surface area contributed by atoms with Crippen LogP contribution in [-0.4, -0.2) is 28.4 Å². The minimum Gasteiger partial charge on any atom is -0.495 e. The molecule has 2 aromatic rings. The number of aromatic nitrogens is 2. The molecule has 1 heterocycles. The molecule has 1 aromatic carbocycles. The lowest BCUT2D eigenvalue weighted by Crippen LogP contribution is -1.99. The van der Waals surface area contributed by atoms with Crippen molar-refractivity contribution in [2.45, 2.75) is 5.16 Å². The van der Waals surface area contributed by atoms with E-state index in [1.165, 1.54) is 18.9 Å². The van der Waals surface area contributed by atoms with E-state index in [4.69, 9.17) is 4.74 Å². The summed E-state index contributed by atoms with van der Waals surface area (Å²) in [6, 6.07) is 0. The van der Waals surface area contributed by atoms with E-state index in [0.29, 0.717) is 14.5 Å². The maximum absolute atomic E-state index is 14.2. The number of nitrogens with zero attached hydrogens (tertiary/aromatic N) is 2. The molecule has 0 saturated carbocycles. The lowest BCUT2D eigenvalue weighted by Gasteiger charge is -2.12. The average Bonchev–Trinajstić information content (AvgIpc) is 2.37. The number of fused-ring (bicyclic) bond motifs is 1. The molecule has 0 bridgehead atoms. The topological polar surface area (TPSA) is 55.2 Å². The number of hydrogen-bond donors (Lipinski definition) is 1. The number of aromatic hydroxyl groups is 1. The van der Waals surface area contributed by atoms with E-state index < -0.39 is 5.82 Å². The summed E-state index contributed by atoms with van der Waals surface area (Å²) >= 11 is 6.30. The van der Waals surface area contributed by atoms with Gasteiger partial charge >= 0.3 is 0 Å². The first-order valence-electron chi connectivity index (χ1n) is 4.66. The lowest BCUT2D eigenvalue weighted by molar-refractivity contribution is 0.408. The summed E-state index contributed by atoms with van der Waals surface area (Å²) < 4.78 is 20.1. The van der Waals surface area contributed by atoms with Crippen LogP contribution in [0.4, 0.5) is 4.39 Å². The molecule has 0 spiro atoms. The second-order valence-corrected chi connectivity index (χ2v) is 5.88. The minimum absolute atomic E-state index is 0.0380. The van der Waals surface area contributed by atoms with E-state index in [-0.39, 0.29) is 21.3 Å². The maximum Gasteiger partial charge on any atom is 0.226 e. The molecule has 0 amide bonds. The highest BCUT2D eigenvalue weighted by atomic mass is 127. The van der Waals surface area contributed by atoms with Crippen molar-refractivity contribution in [2.24, 2.45) is 0 Å². The molecule has 0 aliphatic heterocycles. The van der Waals surface area contributed by atoms with Crippen molar-refractivity contribution in [1.82, 2.24) is 9.97 Å². The van der Waals surface area contributed by atoms with E-state index >= 15 is 0 Å². The zero-order chi connectivity index (χ0) is 13.4. The van der Waals surface area contributed by atoms with Crippen molar-refractivity contribution < 1.29 is 14.2 Å². The highest BCUT2D eigenvalue weighted by Crippen LogP contribution is 2.41. The smallest absolute Gasteiger partial charge is 0.226 e. The molecular weight excluding hydrogens is 438 g/mol. The van der Waals surface area contributed by atoms with Gasteiger partial charge in [0.1, 0.15) is 16.7 Å². The predicted molar refractivity (Wildman–Crippen MR) is 79.9 cm³/mol. The van der Waals surface area contributed by atoms with Gasteiger partial charge in [0.05, 0.1) is 15.2 Å². The fraction of sp³-hybridized carbons (Fsp3) is 0.200. The third kappa shape index (κ3) is 2.14. The standard InChI is InChI=1S/C10H7BrFIN2O2S/c1-17-8-3-7(5(12)4(11)6(8)13)14-10(18-2)15-9(3)16/h1-2H3,(H,14,15,16). The molecule has 2 rings (SSSR count). The van der Waals surface area contributed by atoms with Gasteiger partial charge in [0, 0.05) is 0 Å². The Labute approximate surface area is 129 Å². The molecular formula is C10H7BrFIN2O2S. The van der Waals surface area contributed by atoms with E-state index in [1.807, 2.05) is 22.6 Å². The molecule has 0 atom stereocenters. The molecule has 8 heteroatoms. The van der Waals surface area contributed by atoms with E-state index in [1.54, 1.807) is 6.26 Å². The summed E-state index contributed by atoms with van der Waals surface area (Å²) in [5.74, 6) is -0.474. The lowest BCUT2D eigenvalue weighted by atomic mass is 10.2. The van der Waals surface area contributed by atoms with Crippen molar-refractivity contribution in [3.8, 4) is 11.6 Å². The monoisotopic (exact) mass is 444 g/mol. The van der Waals surface area contributed by atoms with Gasteiger partial charge in [0.15, 0.2) is 11.0 Å². The van der Waals surface area contributed by atoms with Gasteiger partial charge in [-0.05, 0) is 44.8 Å². The van der Waals surface area contributed by atoms with Crippen LogP contribution >= 0.6 is 50.3 Å². The molecule has 18 heavy (non-hydrogen) atoms. The van der Waals surface area contributed by atoms with Gasteiger partial charge in [-0.3, -0.25) is 0 Å². The largest absolute Gasteiger partial charge is 0.495 e. The van der Waals surface area contributed by atoms with Gasteiger partial charge in [-0.1, -0.05) is 11.8 Å². The number of benzene rings is 1. The summed E-state index contributed by atoms with van der Waals surface area (Å²) in [5.41, 5.74) is 0.0380. The Morgan fingerprint density at radius 2 is 2.11 bits per heavy atom. The number of ether oxygens (including phenoxy) is 1. The third-order valence-electron chi connectivity index (χ3n) is 2.28. The highest BCUT2D eigenvalue weighted by Gasteiger charge is 2.22. The zero-order valence-electron chi connectivity index (χ0n) is 9.29. The first kappa shape index (κ1) is 14.1. The van der Waals surface area contributed by atoms with Crippen molar-refractivity contribution in [2.75, 3.05) is 13.4 Å². The molecule has 0 unspecified atom stereocenters. The quantitative estimate of drug-likeness (QED) is 0.332. The van der Waals surface area contributed by atoms with Crippen molar-refractivity contribution in [3.63, 3.8) is 0 Å². The van der Waals surface area contributed by atoms with Crippen LogP contribution in [0.1, 0.15) is 0 Å². The molecule has 0 fully saturated rings. The summed E-state index contributed by atoms with van der Waals surface area (Å²) in [5, 5.41) is 10.4. The minimum atomic E-state index is -0.539. The highest BCUT2D eigenvalue weighted by molar-refractivity contribution is 14.1.